The van der Waals surface area contributed by atoms with Gasteiger partial charge in [-0.3, -0.25) is 0 Å². The average Bonchev–Trinajstić information content (AvgIpc) is 2.32. The van der Waals surface area contributed by atoms with E-state index in [0.29, 0.717) is 6.04 Å². The lowest BCUT2D eigenvalue weighted by atomic mass is 10.0. The number of piperazine rings is 1. The molecule has 1 N–H and O–H groups in total. The van der Waals surface area contributed by atoms with Crippen LogP contribution in [-0.2, 0) is 0 Å². The molecule has 1 unspecified atom stereocenters. The summed E-state index contributed by atoms with van der Waals surface area (Å²) in [6.07, 6.45) is 0. The SMILES string of the molecule is COc1cc(C)c(Cl)cc1C1CN(C)CCN1. The lowest BCUT2D eigenvalue weighted by Crippen LogP contribution is -2.43. The Bertz CT molecular complexity index is 409. The molecule has 3 nitrogen and oxygen atoms in total. The second kappa shape index (κ2) is 5.25. The fourth-order valence-corrected chi connectivity index (χ4v) is 2.40. The van der Waals surface area contributed by atoms with Crippen LogP contribution in [0.2, 0.25) is 5.02 Å². The Hall–Kier alpha value is -0.770. The average molecular weight is 255 g/mol. The molecule has 1 aliphatic heterocycles. The first-order valence-corrected chi connectivity index (χ1v) is 6.25. The number of nitrogens with zero attached hydrogens (tertiary/aromatic N) is 1. The van der Waals surface area contributed by atoms with Crippen molar-refractivity contribution in [1.29, 1.82) is 0 Å². The van der Waals surface area contributed by atoms with Crippen LogP contribution in [0.5, 0.6) is 5.75 Å². The maximum absolute atomic E-state index is 6.20. The van der Waals surface area contributed by atoms with E-state index in [2.05, 4.69) is 17.3 Å². The van der Waals surface area contributed by atoms with Crippen molar-refractivity contribution in [2.75, 3.05) is 33.8 Å². The minimum atomic E-state index is 0.293. The predicted octanol–water partition coefficient (Wildman–Crippen LogP) is 2.23. The molecule has 0 saturated carbocycles. The third-order valence-corrected chi connectivity index (χ3v) is 3.67. The van der Waals surface area contributed by atoms with Crippen LogP contribution < -0.4 is 10.1 Å². The largest absolute Gasteiger partial charge is 0.496 e. The number of ether oxygens (including phenoxy) is 1. The van der Waals surface area contributed by atoms with Crippen LogP contribution in [-0.4, -0.2) is 38.7 Å². The lowest BCUT2D eigenvalue weighted by Gasteiger charge is -2.32. The van der Waals surface area contributed by atoms with E-state index in [4.69, 9.17) is 16.3 Å². The summed E-state index contributed by atoms with van der Waals surface area (Å²) in [7, 11) is 3.84. The highest BCUT2D eigenvalue weighted by Crippen LogP contribution is 2.32. The Kier molecular flexibility index (Phi) is 3.92. The summed E-state index contributed by atoms with van der Waals surface area (Å²) in [4.78, 5) is 2.31. The van der Waals surface area contributed by atoms with Gasteiger partial charge in [-0.25, -0.2) is 0 Å². The molecule has 2 rings (SSSR count). The second-order valence-electron chi connectivity index (χ2n) is 4.61. The summed E-state index contributed by atoms with van der Waals surface area (Å²) in [6, 6.07) is 4.32. The van der Waals surface area contributed by atoms with Gasteiger partial charge in [-0.05, 0) is 31.7 Å². The number of nitrogens with one attached hydrogen (secondary N) is 1. The summed E-state index contributed by atoms with van der Waals surface area (Å²) < 4.78 is 5.45. The van der Waals surface area contributed by atoms with Gasteiger partial charge in [0.25, 0.3) is 0 Å². The fourth-order valence-electron chi connectivity index (χ4n) is 2.22. The van der Waals surface area contributed by atoms with Gasteiger partial charge < -0.3 is 15.0 Å². The van der Waals surface area contributed by atoms with Crippen molar-refractivity contribution in [3.05, 3.63) is 28.3 Å². The first kappa shape index (κ1) is 12.7. The van der Waals surface area contributed by atoms with Crippen LogP contribution in [0.3, 0.4) is 0 Å². The zero-order chi connectivity index (χ0) is 12.4. The van der Waals surface area contributed by atoms with Crippen molar-refractivity contribution in [3.8, 4) is 5.75 Å². The third kappa shape index (κ3) is 2.73. The van der Waals surface area contributed by atoms with Gasteiger partial charge in [-0.15, -0.1) is 0 Å². The smallest absolute Gasteiger partial charge is 0.124 e. The number of rotatable bonds is 2. The number of likely N-dealkylation sites (N-methyl/N-ethyl adjacent to an activating group) is 1. The number of hydrogen-bond acceptors (Lipinski definition) is 3. The molecule has 1 fully saturated rings. The highest BCUT2D eigenvalue weighted by molar-refractivity contribution is 6.31. The number of hydrogen-bond donors (Lipinski definition) is 1. The maximum Gasteiger partial charge on any atom is 0.124 e. The van der Waals surface area contributed by atoms with Crippen LogP contribution in [0.25, 0.3) is 0 Å². The molecule has 0 spiro atoms. The number of aryl methyl sites for hydroxylation is 1. The van der Waals surface area contributed by atoms with E-state index in [1.807, 2.05) is 19.1 Å². The topological polar surface area (TPSA) is 24.5 Å². The number of benzene rings is 1. The Morgan fingerprint density at radius 1 is 1.47 bits per heavy atom. The molecule has 1 aromatic carbocycles. The Morgan fingerprint density at radius 2 is 2.24 bits per heavy atom. The Labute approximate surface area is 108 Å². The van der Waals surface area contributed by atoms with Crippen molar-refractivity contribution in [2.45, 2.75) is 13.0 Å². The van der Waals surface area contributed by atoms with E-state index in [1.165, 1.54) is 0 Å². The highest BCUT2D eigenvalue weighted by atomic mass is 35.5. The van der Waals surface area contributed by atoms with Gasteiger partial charge in [0.15, 0.2) is 0 Å². The molecule has 1 saturated heterocycles. The minimum Gasteiger partial charge on any atom is -0.496 e. The van der Waals surface area contributed by atoms with E-state index in [9.17, 15) is 0 Å². The number of methoxy groups -OCH3 is 1. The third-order valence-electron chi connectivity index (χ3n) is 3.26. The van der Waals surface area contributed by atoms with Crippen molar-refractivity contribution in [1.82, 2.24) is 10.2 Å². The van der Waals surface area contributed by atoms with Gasteiger partial charge >= 0.3 is 0 Å². The molecule has 0 radical (unpaired) electrons. The minimum absolute atomic E-state index is 0.293. The lowest BCUT2D eigenvalue weighted by molar-refractivity contribution is 0.237. The van der Waals surface area contributed by atoms with E-state index < -0.39 is 0 Å². The molecular formula is C13H19ClN2O. The number of halogens is 1. The van der Waals surface area contributed by atoms with Gasteiger partial charge in [-0.2, -0.15) is 0 Å². The maximum atomic E-state index is 6.20. The molecule has 4 heteroatoms. The Morgan fingerprint density at radius 3 is 2.88 bits per heavy atom. The molecule has 0 amide bonds. The Balaban J connectivity index is 2.33. The molecule has 94 valence electrons. The molecule has 0 bridgehead atoms. The van der Waals surface area contributed by atoms with Gasteiger partial charge in [0.2, 0.25) is 0 Å². The van der Waals surface area contributed by atoms with Crippen LogP contribution in [0.4, 0.5) is 0 Å². The summed E-state index contributed by atoms with van der Waals surface area (Å²) >= 11 is 6.20. The first-order valence-electron chi connectivity index (χ1n) is 5.87. The summed E-state index contributed by atoms with van der Waals surface area (Å²) in [6.45, 7) is 5.05. The van der Waals surface area contributed by atoms with Crippen LogP contribution in [0.15, 0.2) is 12.1 Å². The molecule has 0 aliphatic carbocycles. The predicted molar refractivity (Wildman–Crippen MR) is 71.0 cm³/mol. The molecule has 1 aliphatic rings. The zero-order valence-electron chi connectivity index (χ0n) is 10.6. The van der Waals surface area contributed by atoms with Crippen molar-refractivity contribution >= 4 is 11.6 Å². The van der Waals surface area contributed by atoms with E-state index in [0.717, 1.165) is 41.5 Å². The quantitative estimate of drug-likeness (QED) is 0.876. The summed E-state index contributed by atoms with van der Waals surface area (Å²) in [5.41, 5.74) is 2.20. The van der Waals surface area contributed by atoms with Gasteiger partial charge in [0.05, 0.1) is 7.11 Å². The van der Waals surface area contributed by atoms with Gasteiger partial charge in [0, 0.05) is 36.3 Å². The summed E-state index contributed by atoms with van der Waals surface area (Å²) in [5, 5.41) is 4.31. The zero-order valence-corrected chi connectivity index (χ0v) is 11.3. The van der Waals surface area contributed by atoms with Crippen LogP contribution >= 0.6 is 11.6 Å². The molecule has 1 atom stereocenters. The van der Waals surface area contributed by atoms with Gasteiger partial charge in [-0.1, -0.05) is 11.6 Å². The van der Waals surface area contributed by atoms with Crippen molar-refractivity contribution in [2.24, 2.45) is 0 Å². The normalized spacial score (nSPS) is 21.5. The van der Waals surface area contributed by atoms with Crippen molar-refractivity contribution < 1.29 is 4.74 Å². The molecule has 0 aromatic heterocycles. The second-order valence-corrected chi connectivity index (χ2v) is 5.02. The molecule has 1 heterocycles. The monoisotopic (exact) mass is 254 g/mol. The van der Waals surface area contributed by atoms with Crippen molar-refractivity contribution in [3.63, 3.8) is 0 Å². The molecule has 17 heavy (non-hydrogen) atoms. The van der Waals surface area contributed by atoms with Crippen LogP contribution in [0, 0.1) is 6.92 Å². The fraction of sp³-hybridized carbons (Fsp3) is 0.538. The van der Waals surface area contributed by atoms with E-state index in [-0.39, 0.29) is 0 Å². The molecular weight excluding hydrogens is 236 g/mol. The highest BCUT2D eigenvalue weighted by Gasteiger charge is 2.22. The van der Waals surface area contributed by atoms with Gasteiger partial charge in [0.1, 0.15) is 5.75 Å². The van der Waals surface area contributed by atoms with E-state index in [1.54, 1.807) is 7.11 Å². The first-order chi connectivity index (χ1) is 8.11. The van der Waals surface area contributed by atoms with E-state index >= 15 is 0 Å². The summed E-state index contributed by atoms with van der Waals surface area (Å²) in [5.74, 6) is 0.916. The van der Waals surface area contributed by atoms with Crippen LogP contribution in [0.1, 0.15) is 17.2 Å². The standard InChI is InChI=1S/C13H19ClN2O/c1-9-6-13(17-3)10(7-11(9)14)12-8-16(2)5-4-15-12/h6-7,12,15H,4-5,8H2,1-3H3. The molecule has 1 aromatic rings.